The highest BCUT2D eigenvalue weighted by atomic mass is 32.2. The van der Waals surface area contributed by atoms with Gasteiger partial charge in [0.15, 0.2) is 0 Å². The van der Waals surface area contributed by atoms with Gasteiger partial charge in [-0.15, -0.1) is 0 Å². The van der Waals surface area contributed by atoms with Crippen molar-refractivity contribution in [2.75, 3.05) is 31.8 Å². The Morgan fingerprint density at radius 2 is 2.50 bits per heavy atom. The lowest BCUT2D eigenvalue weighted by Gasteiger charge is -1.99. The summed E-state index contributed by atoms with van der Waals surface area (Å²) in [5.41, 5.74) is 0. The Morgan fingerprint density at radius 3 is 3.10 bits per heavy atom. The molecule has 1 aliphatic rings. The Kier molecular flexibility index (Phi) is 4.18. The van der Waals surface area contributed by atoms with Crippen LogP contribution in [0.1, 0.15) is 6.42 Å². The monoisotopic (exact) mass is 162 g/mol. The summed E-state index contributed by atoms with van der Waals surface area (Å²) in [5.74, 6) is 1.20. The van der Waals surface area contributed by atoms with E-state index in [9.17, 15) is 0 Å². The molecule has 3 heteroatoms. The van der Waals surface area contributed by atoms with Crippen molar-refractivity contribution in [1.82, 2.24) is 0 Å². The van der Waals surface area contributed by atoms with Crippen LogP contribution < -0.4 is 0 Å². The first-order valence-electron chi connectivity index (χ1n) is 3.62. The maximum Gasteiger partial charge on any atom is 0.104 e. The van der Waals surface area contributed by atoms with E-state index < -0.39 is 0 Å². The van der Waals surface area contributed by atoms with Gasteiger partial charge in [0.25, 0.3) is 0 Å². The van der Waals surface area contributed by atoms with E-state index in [4.69, 9.17) is 9.47 Å². The predicted molar refractivity (Wildman–Crippen MR) is 43.6 cm³/mol. The van der Waals surface area contributed by atoms with Crippen molar-refractivity contribution in [3.8, 4) is 0 Å². The van der Waals surface area contributed by atoms with Crippen molar-refractivity contribution in [3.05, 3.63) is 0 Å². The molecule has 10 heavy (non-hydrogen) atoms. The number of rotatable bonds is 6. The summed E-state index contributed by atoms with van der Waals surface area (Å²) in [6.45, 7) is 2.59. The third kappa shape index (κ3) is 4.14. The van der Waals surface area contributed by atoms with Crippen molar-refractivity contribution in [3.63, 3.8) is 0 Å². The van der Waals surface area contributed by atoms with Gasteiger partial charge in [0.2, 0.25) is 0 Å². The molecule has 1 heterocycles. The number of ether oxygens (including phenoxy) is 2. The maximum absolute atomic E-state index is 5.32. The summed E-state index contributed by atoms with van der Waals surface area (Å²) < 4.78 is 10.3. The lowest BCUT2D eigenvalue weighted by molar-refractivity contribution is 0.117. The molecule has 0 aromatic heterocycles. The second-order valence-corrected chi connectivity index (χ2v) is 3.36. The van der Waals surface area contributed by atoms with Crippen molar-refractivity contribution in [2.45, 2.75) is 12.5 Å². The van der Waals surface area contributed by atoms with Crippen LogP contribution >= 0.6 is 11.8 Å². The van der Waals surface area contributed by atoms with Crippen LogP contribution in [0.25, 0.3) is 0 Å². The summed E-state index contributed by atoms with van der Waals surface area (Å²) in [7, 11) is 0. The van der Waals surface area contributed by atoms with Gasteiger partial charge in [-0.2, -0.15) is 11.8 Å². The smallest absolute Gasteiger partial charge is 0.104 e. The molecule has 0 saturated carbocycles. The Morgan fingerprint density at radius 1 is 1.70 bits per heavy atom. The lowest BCUT2D eigenvalue weighted by Crippen LogP contribution is -2.03. The van der Waals surface area contributed by atoms with Crippen LogP contribution in [0.4, 0.5) is 0 Å². The lowest BCUT2D eigenvalue weighted by atomic mass is 10.5. The van der Waals surface area contributed by atoms with E-state index >= 15 is 0 Å². The average Bonchev–Trinajstić information content (AvgIpc) is 2.71. The predicted octanol–water partition coefficient (Wildman–Crippen LogP) is 1.15. The second-order valence-electron chi connectivity index (χ2n) is 2.38. The van der Waals surface area contributed by atoms with Crippen LogP contribution in [0.3, 0.4) is 0 Å². The molecule has 1 fully saturated rings. The highest BCUT2D eigenvalue weighted by Crippen LogP contribution is 2.08. The third-order valence-electron chi connectivity index (χ3n) is 1.34. The fourth-order valence-electron chi connectivity index (χ4n) is 0.684. The summed E-state index contributed by atoms with van der Waals surface area (Å²) >= 11 is 1.86. The molecule has 1 atom stereocenters. The highest BCUT2D eigenvalue weighted by Gasteiger charge is 2.21. The van der Waals surface area contributed by atoms with Gasteiger partial charge in [0.05, 0.1) is 13.2 Å². The van der Waals surface area contributed by atoms with Gasteiger partial charge in [0.1, 0.15) is 6.10 Å². The van der Waals surface area contributed by atoms with Crippen LogP contribution in [-0.4, -0.2) is 37.9 Å². The van der Waals surface area contributed by atoms with E-state index in [0.717, 1.165) is 26.2 Å². The van der Waals surface area contributed by atoms with Gasteiger partial charge >= 0.3 is 0 Å². The molecule has 1 saturated heterocycles. The fourth-order valence-corrected chi connectivity index (χ4v) is 1.09. The SMILES string of the molecule is CSCCCOCC1CO1. The van der Waals surface area contributed by atoms with E-state index in [0.29, 0.717) is 6.10 Å². The van der Waals surface area contributed by atoms with Crippen LogP contribution in [0, 0.1) is 0 Å². The van der Waals surface area contributed by atoms with Crippen LogP contribution in [-0.2, 0) is 9.47 Å². The molecular weight excluding hydrogens is 148 g/mol. The molecule has 60 valence electrons. The quantitative estimate of drug-likeness (QED) is 0.432. The van der Waals surface area contributed by atoms with Crippen LogP contribution in [0.15, 0.2) is 0 Å². The summed E-state index contributed by atoms with van der Waals surface area (Å²) in [5, 5.41) is 0. The molecular formula is C7H14O2S. The van der Waals surface area contributed by atoms with Crippen molar-refractivity contribution in [1.29, 1.82) is 0 Å². The molecule has 0 N–H and O–H groups in total. The van der Waals surface area contributed by atoms with Gasteiger partial charge in [-0.1, -0.05) is 0 Å². The van der Waals surface area contributed by atoms with Gasteiger partial charge in [-0.3, -0.25) is 0 Å². The number of thioether (sulfide) groups is 1. The molecule has 0 aliphatic carbocycles. The van der Waals surface area contributed by atoms with E-state index in [1.54, 1.807) is 0 Å². The van der Waals surface area contributed by atoms with E-state index in [1.165, 1.54) is 5.75 Å². The van der Waals surface area contributed by atoms with E-state index in [2.05, 4.69) is 6.26 Å². The summed E-state index contributed by atoms with van der Waals surface area (Å²) in [4.78, 5) is 0. The fraction of sp³-hybridized carbons (Fsp3) is 1.00. The summed E-state index contributed by atoms with van der Waals surface area (Å²) in [6.07, 6.45) is 3.70. The standard InChI is InChI=1S/C7H14O2S/c1-10-4-2-3-8-5-7-6-9-7/h7H,2-6H2,1H3. The van der Waals surface area contributed by atoms with Crippen molar-refractivity contribution < 1.29 is 9.47 Å². The first-order valence-corrected chi connectivity index (χ1v) is 5.01. The van der Waals surface area contributed by atoms with Crippen LogP contribution in [0.2, 0.25) is 0 Å². The maximum atomic E-state index is 5.32. The Hall–Kier alpha value is 0.270. The molecule has 1 rings (SSSR count). The zero-order valence-electron chi connectivity index (χ0n) is 6.34. The molecule has 0 aromatic carbocycles. The zero-order chi connectivity index (χ0) is 7.23. The van der Waals surface area contributed by atoms with Crippen molar-refractivity contribution in [2.24, 2.45) is 0 Å². The van der Waals surface area contributed by atoms with Gasteiger partial charge in [-0.25, -0.2) is 0 Å². The molecule has 0 bridgehead atoms. The van der Waals surface area contributed by atoms with E-state index in [-0.39, 0.29) is 0 Å². The minimum Gasteiger partial charge on any atom is -0.379 e. The Balaban J connectivity index is 1.68. The molecule has 0 amide bonds. The largest absolute Gasteiger partial charge is 0.379 e. The second kappa shape index (κ2) is 4.99. The van der Waals surface area contributed by atoms with Gasteiger partial charge in [-0.05, 0) is 18.4 Å². The molecule has 0 spiro atoms. The number of hydrogen-bond acceptors (Lipinski definition) is 3. The third-order valence-corrected chi connectivity index (χ3v) is 2.04. The molecule has 0 aromatic rings. The molecule has 2 nitrogen and oxygen atoms in total. The van der Waals surface area contributed by atoms with Crippen molar-refractivity contribution >= 4 is 11.8 Å². The number of hydrogen-bond donors (Lipinski definition) is 0. The average molecular weight is 162 g/mol. The normalized spacial score (nSPS) is 23.1. The minimum absolute atomic E-state index is 0.425. The first-order chi connectivity index (χ1) is 4.93. The molecule has 1 aliphatic heterocycles. The molecule has 1 unspecified atom stereocenters. The molecule has 0 radical (unpaired) electrons. The highest BCUT2D eigenvalue weighted by molar-refractivity contribution is 7.98. The van der Waals surface area contributed by atoms with Gasteiger partial charge < -0.3 is 9.47 Å². The first kappa shape index (κ1) is 8.37. The summed E-state index contributed by atoms with van der Waals surface area (Å²) in [6, 6.07) is 0. The van der Waals surface area contributed by atoms with Gasteiger partial charge in [0, 0.05) is 6.61 Å². The topological polar surface area (TPSA) is 21.8 Å². The Labute approximate surface area is 66.3 Å². The van der Waals surface area contributed by atoms with E-state index in [1.807, 2.05) is 11.8 Å². The number of epoxide rings is 1. The zero-order valence-corrected chi connectivity index (χ0v) is 7.15. The Bertz CT molecular complexity index is 83.7. The minimum atomic E-state index is 0.425. The van der Waals surface area contributed by atoms with Crippen LogP contribution in [0.5, 0.6) is 0 Å².